The van der Waals surface area contributed by atoms with Gasteiger partial charge in [-0.2, -0.15) is 0 Å². The van der Waals surface area contributed by atoms with Crippen molar-refractivity contribution in [3.63, 3.8) is 0 Å². The van der Waals surface area contributed by atoms with Crippen LogP contribution in [0.5, 0.6) is 5.75 Å². The fourth-order valence-electron chi connectivity index (χ4n) is 4.27. The molecule has 1 unspecified atom stereocenters. The molecule has 0 aliphatic carbocycles. The van der Waals surface area contributed by atoms with Crippen molar-refractivity contribution >= 4 is 16.6 Å². The largest absolute Gasteiger partial charge is 0.494 e. The van der Waals surface area contributed by atoms with Crippen LogP contribution in [0.3, 0.4) is 0 Å². The lowest BCUT2D eigenvalue weighted by atomic mass is 10.0. The molecule has 1 atom stereocenters. The second-order valence-electron chi connectivity index (χ2n) is 8.81. The Morgan fingerprint density at radius 2 is 1.63 bits per heavy atom. The Kier molecular flexibility index (Phi) is 7.51. The normalized spacial score (nSPS) is 15.8. The highest BCUT2D eigenvalue weighted by Crippen LogP contribution is 2.29. The highest BCUT2D eigenvalue weighted by atomic mass is 16.7. The summed E-state index contributed by atoms with van der Waals surface area (Å²) in [5.41, 5.74) is 11.9. The highest BCUT2D eigenvalue weighted by Gasteiger charge is 2.13. The van der Waals surface area contributed by atoms with Crippen LogP contribution in [0.1, 0.15) is 32.1 Å². The van der Waals surface area contributed by atoms with E-state index < -0.39 is 0 Å². The van der Waals surface area contributed by atoms with Gasteiger partial charge in [0.15, 0.2) is 6.29 Å². The predicted octanol–water partition coefficient (Wildman–Crippen LogP) is 6.25. The summed E-state index contributed by atoms with van der Waals surface area (Å²) in [6, 6.07) is 20.4. The Bertz CT molecular complexity index is 1240. The van der Waals surface area contributed by atoms with Gasteiger partial charge in [-0.15, -0.1) is 0 Å². The fraction of sp³-hybridized carbons (Fsp3) is 0.310. The van der Waals surface area contributed by atoms with Gasteiger partial charge in [-0.25, -0.2) is 4.98 Å². The molecule has 3 heterocycles. The maximum absolute atomic E-state index is 6.22. The minimum absolute atomic E-state index is 0.00852. The van der Waals surface area contributed by atoms with E-state index in [0.29, 0.717) is 12.3 Å². The predicted molar refractivity (Wildman–Crippen MR) is 139 cm³/mol. The first-order chi connectivity index (χ1) is 17.3. The molecule has 5 rings (SSSR count). The second-order valence-corrected chi connectivity index (χ2v) is 8.81. The molecule has 2 aromatic carbocycles. The van der Waals surface area contributed by atoms with E-state index in [1.54, 1.807) is 12.4 Å². The lowest BCUT2D eigenvalue weighted by Crippen LogP contribution is -2.22. The number of unbranched alkanes of at least 4 members (excludes halogenated alkanes) is 1. The van der Waals surface area contributed by atoms with Crippen LogP contribution < -0.4 is 10.5 Å². The first kappa shape index (κ1) is 23.3. The number of anilines is 1. The zero-order chi connectivity index (χ0) is 23.9. The molecular formula is C29H31N3O3. The van der Waals surface area contributed by atoms with Crippen molar-refractivity contribution in [2.75, 3.05) is 25.6 Å². The molecule has 1 aliphatic rings. The zero-order valence-electron chi connectivity index (χ0n) is 19.9. The second kappa shape index (κ2) is 11.3. The van der Waals surface area contributed by atoms with Gasteiger partial charge in [-0.1, -0.05) is 36.4 Å². The summed E-state index contributed by atoms with van der Waals surface area (Å²) in [5.74, 6) is 0.882. The van der Waals surface area contributed by atoms with Gasteiger partial charge >= 0.3 is 0 Å². The third kappa shape index (κ3) is 5.96. The number of fused-ring (bicyclic) bond motifs is 1. The molecule has 35 heavy (non-hydrogen) atoms. The molecule has 2 aromatic heterocycles. The Hall–Kier alpha value is -3.48. The van der Waals surface area contributed by atoms with Crippen molar-refractivity contribution in [1.82, 2.24) is 9.97 Å². The van der Waals surface area contributed by atoms with Crippen molar-refractivity contribution in [3.05, 3.63) is 73.1 Å². The summed E-state index contributed by atoms with van der Waals surface area (Å²) in [7, 11) is 0. The number of ether oxygens (including phenoxy) is 3. The average molecular weight is 470 g/mol. The number of pyridine rings is 2. The quantitative estimate of drug-likeness (QED) is 0.292. The van der Waals surface area contributed by atoms with Gasteiger partial charge in [0.1, 0.15) is 5.75 Å². The van der Waals surface area contributed by atoms with E-state index in [-0.39, 0.29) is 6.29 Å². The summed E-state index contributed by atoms with van der Waals surface area (Å²) in [4.78, 5) is 8.87. The maximum Gasteiger partial charge on any atom is 0.157 e. The van der Waals surface area contributed by atoms with Crippen LogP contribution in [0.25, 0.3) is 33.3 Å². The summed E-state index contributed by atoms with van der Waals surface area (Å²) >= 11 is 0. The molecular weight excluding hydrogens is 438 g/mol. The SMILES string of the molecule is Nc1cc(-c2ccc(-c3ccc(OCCCCOC4CCCCO4)cc3)cc2)nc2ccncc12. The molecule has 0 radical (unpaired) electrons. The van der Waals surface area contributed by atoms with Gasteiger partial charge in [0, 0.05) is 42.2 Å². The van der Waals surface area contributed by atoms with Gasteiger partial charge in [0.2, 0.25) is 0 Å². The first-order valence-corrected chi connectivity index (χ1v) is 12.3. The van der Waals surface area contributed by atoms with E-state index in [2.05, 4.69) is 41.4 Å². The van der Waals surface area contributed by atoms with Gasteiger partial charge in [0.25, 0.3) is 0 Å². The number of aromatic nitrogens is 2. The zero-order valence-corrected chi connectivity index (χ0v) is 19.9. The first-order valence-electron chi connectivity index (χ1n) is 12.3. The van der Waals surface area contributed by atoms with E-state index in [1.807, 2.05) is 24.3 Å². The minimum atomic E-state index is -0.00852. The Morgan fingerprint density at radius 3 is 2.40 bits per heavy atom. The van der Waals surface area contributed by atoms with Crippen LogP contribution in [0, 0.1) is 0 Å². The molecule has 2 N–H and O–H groups in total. The lowest BCUT2D eigenvalue weighted by Gasteiger charge is -2.22. The molecule has 1 fully saturated rings. The minimum Gasteiger partial charge on any atom is -0.494 e. The molecule has 6 heteroatoms. The maximum atomic E-state index is 6.22. The molecule has 6 nitrogen and oxygen atoms in total. The van der Waals surface area contributed by atoms with Gasteiger partial charge in [0.05, 0.1) is 17.8 Å². The van der Waals surface area contributed by atoms with Crippen molar-refractivity contribution in [2.24, 2.45) is 0 Å². The van der Waals surface area contributed by atoms with Crippen molar-refractivity contribution in [3.8, 4) is 28.1 Å². The number of hydrogen-bond donors (Lipinski definition) is 1. The Balaban J connectivity index is 1.13. The Labute approximate surface area is 206 Å². The topological polar surface area (TPSA) is 79.5 Å². The summed E-state index contributed by atoms with van der Waals surface area (Å²) in [6.45, 7) is 2.23. The molecule has 0 bridgehead atoms. The third-order valence-electron chi connectivity index (χ3n) is 6.26. The molecule has 1 saturated heterocycles. The monoisotopic (exact) mass is 469 g/mol. The van der Waals surface area contributed by atoms with Crippen LogP contribution in [0.4, 0.5) is 5.69 Å². The van der Waals surface area contributed by atoms with E-state index in [9.17, 15) is 0 Å². The Morgan fingerprint density at radius 1 is 0.886 bits per heavy atom. The molecule has 0 amide bonds. The van der Waals surface area contributed by atoms with Crippen LogP contribution in [0.2, 0.25) is 0 Å². The smallest absolute Gasteiger partial charge is 0.157 e. The number of nitrogens with two attached hydrogens (primary N) is 1. The van der Waals surface area contributed by atoms with Crippen molar-refractivity contribution in [1.29, 1.82) is 0 Å². The summed E-state index contributed by atoms with van der Waals surface area (Å²) < 4.78 is 17.3. The van der Waals surface area contributed by atoms with E-state index >= 15 is 0 Å². The van der Waals surface area contributed by atoms with Crippen LogP contribution >= 0.6 is 0 Å². The lowest BCUT2D eigenvalue weighted by molar-refractivity contribution is -0.162. The van der Waals surface area contributed by atoms with Crippen LogP contribution in [-0.4, -0.2) is 36.1 Å². The summed E-state index contributed by atoms with van der Waals surface area (Å²) in [5, 5.41) is 0.873. The van der Waals surface area contributed by atoms with Gasteiger partial charge in [-0.05, 0) is 67.5 Å². The van der Waals surface area contributed by atoms with Gasteiger partial charge < -0.3 is 19.9 Å². The molecule has 0 spiro atoms. The van der Waals surface area contributed by atoms with Crippen LogP contribution in [-0.2, 0) is 9.47 Å². The van der Waals surface area contributed by atoms with Crippen molar-refractivity contribution < 1.29 is 14.2 Å². The van der Waals surface area contributed by atoms with E-state index in [0.717, 1.165) is 77.9 Å². The molecule has 1 aliphatic heterocycles. The molecule has 180 valence electrons. The van der Waals surface area contributed by atoms with Gasteiger partial charge in [-0.3, -0.25) is 4.98 Å². The number of nitrogens with zero attached hydrogens (tertiary/aromatic N) is 2. The molecule has 0 saturated carbocycles. The average Bonchev–Trinajstić information content (AvgIpc) is 2.92. The van der Waals surface area contributed by atoms with Crippen LogP contribution in [0.15, 0.2) is 73.1 Å². The number of nitrogen functional groups attached to an aromatic ring is 1. The van der Waals surface area contributed by atoms with Crippen molar-refractivity contribution in [2.45, 2.75) is 38.4 Å². The number of hydrogen-bond acceptors (Lipinski definition) is 6. The highest BCUT2D eigenvalue weighted by molar-refractivity contribution is 5.92. The molecule has 4 aromatic rings. The van der Waals surface area contributed by atoms with E-state index in [1.165, 1.54) is 6.42 Å². The summed E-state index contributed by atoms with van der Waals surface area (Å²) in [6.07, 6.45) is 8.76. The number of rotatable bonds is 9. The fourth-order valence-corrected chi connectivity index (χ4v) is 4.27. The van der Waals surface area contributed by atoms with E-state index in [4.69, 9.17) is 24.9 Å². The number of benzene rings is 2. The third-order valence-corrected chi connectivity index (χ3v) is 6.26. The standard InChI is InChI=1S/C29H31N3O3/c30-26-19-28(32-27-14-15-31-20-25(26)27)23-8-6-21(7-9-23)22-10-12-24(13-11-22)33-16-3-4-18-35-29-5-1-2-17-34-29/h6-15,19-20,29H,1-5,16-18H2,(H2,30,32).